The number of nitriles is 1. The Morgan fingerprint density at radius 3 is 2.50 bits per heavy atom. The van der Waals surface area contributed by atoms with E-state index in [1.807, 2.05) is 84.6 Å². The van der Waals surface area contributed by atoms with Crippen molar-refractivity contribution in [3.8, 4) is 6.07 Å². The molecule has 1 saturated heterocycles. The van der Waals surface area contributed by atoms with Crippen LogP contribution >= 0.6 is 27.5 Å². The van der Waals surface area contributed by atoms with Gasteiger partial charge in [-0.15, -0.1) is 0 Å². The van der Waals surface area contributed by atoms with Crippen LogP contribution in [0.4, 0.5) is 5.69 Å². The summed E-state index contributed by atoms with van der Waals surface area (Å²) in [5.41, 5.74) is 3.56. The van der Waals surface area contributed by atoms with Crippen LogP contribution in [0.5, 0.6) is 0 Å². The molecule has 1 amide bonds. The van der Waals surface area contributed by atoms with Crippen molar-refractivity contribution >= 4 is 39.1 Å². The quantitative estimate of drug-likeness (QED) is 0.423. The average Bonchev–Trinajstić information content (AvgIpc) is 2.84. The maximum atomic E-state index is 13.4. The smallest absolute Gasteiger partial charge is 0.229 e. The van der Waals surface area contributed by atoms with Crippen LogP contribution < -0.4 is 4.90 Å². The molecular weight excluding hydrogens is 486 g/mol. The molecule has 3 aromatic rings. The Labute approximate surface area is 202 Å². The Hall–Kier alpha value is -2.81. The minimum Gasteiger partial charge on any atom is -0.360 e. The van der Waals surface area contributed by atoms with E-state index in [1.54, 1.807) is 0 Å². The summed E-state index contributed by atoms with van der Waals surface area (Å²) in [5.74, 6) is -0.0953. The fourth-order valence-corrected chi connectivity index (χ4v) is 4.74. The second-order valence-corrected chi connectivity index (χ2v) is 9.30. The summed E-state index contributed by atoms with van der Waals surface area (Å²) >= 11 is 9.59. The third-order valence-corrected chi connectivity index (χ3v) is 6.75. The van der Waals surface area contributed by atoms with Crippen LogP contribution in [0, 0.1) is 11.3 Å². The van der Waals surface area contributed by atoms with Gasteiger partial charge >= 0.3 is 0 Å². The van der Waals surface area contributed by atoms with Gasteiger partial charge in [0.1, 0.15) is 6.07 Å². The Morgan fingerprint density at radius 1 is 1.09 bits per heavy atom. The van der Waals surface area contributed by atoms with Crippen LogP contribution in [0.1, 0.15) is 35.6 Å². The molecule has 1 aliphatic rings. The minimum atomic E-state index is -0.212. The number of hydrogen-bond acceptors (Lipinski definition) is 3. The lowest BCUT2D eigenvalue weighted by atomic mass is 9.96. The number of anilines is 1. The van der Waals surface area contributed by atoms with Gasteiger partial charge in [0.25, 0.3) is 0 Å². The lowest BCUT2D eigenvalue weighted by molar-refractivity contribution is -0.133. The molecule has 1 aliphatic heterocycles. The third kappa shape index (κ3) is 4.67. The molecule has 2 atom stereocenters. The summed E-state index contributed by atoms with van der Waals surface area (Å²) in [5, 5.41) is 10.4. The molecule has 4 nitrogen and oxygen atoms in total. The van der Waals surface area contributed by atoms with E-state index in [0.717, 1.165) is 21.3 Å². The molecule has 0 aliphatic carbocycles. The first-order chi connectivity index (χ1) is 15.5. The van der Waals surface area contributed by atoms with Crippen molar-refractivity contribution in [2.75, 3.05) is 24.5 Å². The Balaban J connectivity index is 1.66. The molecule has 6 heteroatoms. The van der Waals surface area contributed by atoms with Gasteiger partial charge in [-0.3, -0.25) is 4.79 Å². The van der Waals surface area contributed by atoms with Crippen LogP contribution in [0.15, 0.2) is 77.3 Å². The van der Waals surface area contributed by atoms with Gasteiger partial charge in [-0.05, 0) is 48.4 Å². The number of carbonyl (C=O) groups is 1. The normalized spacial score (nSPS) is 17.0. The van der Waals surface area contributed by atoms with Gasteiger partial charge < -0.3 is 9.80 Å². The average molecular weight is 509 g/mol. The highest BCUT2D eigenvalue weighted by atomic mass is 79.9. The van der Waals surface area contributed by atoms with Crippen molar-refractivity contribution in [3.05, 3.63) is 99.0 Å². The second kappa shape index (κ2) is 9.77. The van der Waals surface area contributed by atoms with Crippen molar-refractivity contribution in [1.29, 1.82) is 5.26 Å². The van der Waals surface area contributed by atoms with Gasteiger partial charge in [0.05, 0.1) is 23.2 Å². The van der Waals surface area contributed by atoms with E-state index >= 15 is 0 Å². The summed E-state index contributed by atoms with van der Waals surface area (Å²) in [4.78, 5) is 17.5. The minimum absolute atomic E-state index is 0.0822. The first-order valence-corrected chi connectivity index (χ1v) is 11.7. The lowest BCUT2D eigenvalue weighted by Gasteiger charge is -2.44. The van der Waals surface area contributed by atoms with Crippen LogP contribution in [0.25, 0.3) is 0 Å². The SMILES string of the molecule is C[C@H](C(=O)N1CCN(c2ccc(Br)cc2C#N)[C@H](c2ccc(Cl)cc2)C1)c1ccccc1. The van der Waals surface area contributed by atoms with Crippen molar-refractivity contribution in [1.82, 2.24) is 4.90 Å². The number of carbonyl (C=O) groups excluding carboxylic acids is 1. The highest BCUT2D eigenvalue weighted by Crippen LogP contribution is 2.35. The molecule has 0 unspecified atom stereocenters. The zero-order valence-electron chi connectivity index (χ0n) is 17.7. The molecule has 0 radical (unpaired) electrons. The summed E-state index contributed by atoms with van der Waals surface area (Å²) in [7, 11) is 0. The van der Waals surface area contributed by atoms with Gasteiger partial charge in [-0.25, -0.2) is 0 Å². The summed E-state index contributed by atoms with van der Waals surface area (Å²) in [6.45, 7) is 3.74. The zero-order valence-corrected chi connectivity index (χ0v) is 20.1. The molecule has 1 fully saturated rings. The maximum absolute atomic E-state index is 13.4. The predicted octanol–water partition coefficient (Wildman–Crippen LogP) is 6.17. The van der Waals surface area contributed by atoms with Gasteiger partial charge in [0.2, 0.25) is 5.91 Å². The van der Waals surface area contributed by atoms with E-state index in [4.69, 9.17) is 11.6 Å². The predicted molar refractivity (Wildman–Crippen MR) is 132 cm³/mol. The van der Waals surface area contributed by atoms with E-state index in [9.17, 15) is 10.1 Å². The van der Waals surface area contributed by atoms with Crippen molar-refractivity contribution in [3.63, 3.8) is 0 Å². The molecule has 0 N–H and O–H groups in total. The lowest BCUT2D eigenvalue weighted by Crippen LogP contribution is -2.51. The largest absolute Gasteiger partial charge is 0.360 e. The Morgan fingerprint density at radius 2 is 1.81 bits per heavy atom. The van der Waals surface area contributed by atoms with Gasteiger partial charge in [0, 0.05) is 29.1 Å². The summed E-state index contributed by atoms with van der Waals surface area (Å²) in [6.07, 6.45) is 0. The second-order valence-electron chi connectivity index (χ2n) is 7.95. The molecule has 0 aromatic heterocycles. The van der Waals surface area contributed by atoms with Crippen molar-refractivity contribution in [2.45, 2.75) is 18.9 Å². The van der Waals surface area contributed by atoms with E-state index in [2.05, 4.69) is 26.9 Å². The van der Waals surface area contributed by atoms with Gasteiger partial charge in [-0.2, -0.15) is 5.26 Å². The van der Waals surface area contributed by atoms with E-state index in [-0.39, 0.29) is 17.9 Å². The van der Waals surface area contributed by atoms with Crippen LogP contribution in [-0.4, -0.2) is 30.4 Å². The number of piperazine rings is 1. The molecular formula is C26H23BrClN3O. The molecule has 162 valence electrons. The summed E-state index contributed by atoms with van der Waals surface area (Å²) in [6, 6.07) is 25.6. The zero-order chi connectivity index (χ0) is 22.7. The number of rotatable bonds is 4. The van der Waals surface area contributed by atoms with Crippen LogP contribution in [-0.2, 0) is 4.79 Å². The van der Waals surface area contributed by atoms with Crippen molar-refractivity contribution < 1.29 is 4.79 Å². The fraction of sp³-hybridized carbons (Fsp3) is 0.231. The number of hydrogen-bond donors (Lipinski definition) is 0. The molecule has 1 heterocycles. The Kier molecular flexibility index (Phi) is 6.83. The third-order valence-electron chi connectivity index (χ3n) is 6.01. The first-order valence-electron chi connectivity index (χ1n) is 10.5. The Bertz CT molecular complexity index is 1140. The van der Waals surface area contributed by atoms with Crippen LogP contribution in [0.2, 0.25) is 5.02 Å². The molecule has 3 aromatic carbocycles. The molecule has 0 spiro atoms. The maximum Gasteiger partial charge on any atom is 0.229 e. The van der Waals surface area contributed by atoms with E-state index in [0.29, 0.717) is 30.2 Å². The van der Waals surface area contributed by atoms with Gasteiger partial charge in [-0.1, -0.05) is 70.0 Å². The number of benzene rings is 3. The highest BCUT2D eigenvalue weighted by molar-refractivity contribution is 9.10. The molecule has 0 saturated carbocycles. The highest BCUT2D eigenvalue weighted by Gasteiger charge is 2.33. The van der Waals surface area contributed by atoms with Crippen molar-refractivity contribution in [2.24, 2.45) is 0 Å². The van der Waals surface area contributed by atoms with Gasteiger partial charge in [0.15, 0.2) is 0 Å². The monoisotopic (exact) mass is 507 g/mol. The standard InChI is InChI=1S/C26H23BrClN3O/c1-18(19-5-3-2-4-6-19)26(32)30-13-14-31(24-12-9-22(27)15-21(24)16-29)25(17-30)20-7-10-23(28)11-8-20/h2-12,15,18,25H,13-14,17H2,1H3/t18-,25-/m0/s1. The number of amides is 1. The molecule has 4 rings (SSSR count). The van der Waals surface area contributed by atoms with E-state index in [1.165, 1.54) is 0 Å². The van der Waals surface area contributed by atoms with Crippen LogP contribution in [0.3, 0.4) is 0 Å². The topological polar surface area (TPSA) is 47.3 Å². The molecule has 32 heavy (non-hydrogen) atoms. The first kappa shape index (κ1) is 22.4. The van der Waals surface area contributed by atoms with E-state index < -0.39 is 0 Å². The fourth-order valence-electron chi connectivity index (χ4n) is 4.25. The number of nitrogens with zero attached hydrogens (tertiary/aromatic N) is 3. The number of halogens is 2. The summed E-state index contributed by atoms with van der Waals surface area (Å²) < 4.78 is 0.867. The molecule has 0 bridgehead atoms.